The highest BCUT2D eigenvalue weighted by atomic mass is 16.4. The molecule has 76 valence electrons. The van der Waals surface area contributed by atoms with Crippen LogP contribution >= 0.6 is 0 Å². The SMILES string of the molecule is CC[C@]1(NC(=O)C(=O)O)C=CC=CC1. The van der Waals surface area contributed by atoms with Crippen LogP contribution < -0.4 is 5.32 Å². The van der Waals surface area contributed by atoms with Crippen LogP contribution in [0, 0.1) is 0 Å². The number of nitrogens with one attached hydrogen (secondary N) is 1. The van der Waals surface area contributed by atoms with Gasteiger partial charge in [-0.2, -0.15) is 0 Å². The number of rotatable bonds is 2. The van der Waals surface area contributed by atoms with Crippen LogP contribution in [0.3, 0.4) is 0 Å². The highest BCUT2D eigenvalue weighted by Gasteiger charge is 2.29. The molecule has 0 aromatic carbocycles. The average molecular weight is 195 g/mol. The van der Waals surface area contributed by atoms with Gasteiger partial charge in [-0.25, -0.2) is 4.79 Å². The van der Waals surface area contributed by atoms with Gasteiger partial charge in [-0.15, -0.1) is 0 Å². The van der Waals surface area contributed by atoms with Crippen molar-refractivity contribution in [1.82, 2.24) is 5.32 Å². The molecule has 0 fully saturated rings. The van der Waals surface area contributed by atoms with Crippen LogP contribution in [0.15, 0.2) is 24.3 Å². The summed E-state index contributed by atoms with van der Waals surface area (Å²) < 4.78 is 0. The fourth-order valence-electron chi connectivity index (χ4n) is 1.39. The van der Waals surface area contributed by atoms with Gasteiger partial charge in [-0.3, -0.25) is 4.79 Å². The second-order valence-corrected chi connectivity index (χ2v) is 3.26. The molecule has 1 rings (SSSR count). The third-order valence-corrected chi connectivity index (χ3v) is 2.33. The van der Waals surface area contributed by atoms with E-state index in [0.29, 0.717) is 12.8 Å². The topological polar surface area (TPSA) is 66.4 Å². The van der Waals surface area contributed by atoms with Gasteiger partial charge in [-0.05, 0) is 12.8 Å². The first-order chi connectivity index (χ1) is 6.59. The Balaban J connectivity index is 2.72. The zero-order chi connectivity index (χ0) is 10.6. The van der Waals surface area contributed by atoms with E-state index < -0.39 is 17.4 Å². The molecule has 2 N–H and O–H groups in total. The van der Waals surface area contributed by atoms with E-state index in [2.05, 4.69) is 5.32 Å². The summed E-state index contributed by atoms with van der Waals surface area (Å²) in [5, 5.41) is 11.0. The van der Waals surface area contributed by atoms with Crippen molar-refractivity contribution < 1.29 is 14.7 Å². The van der Waals surface area contributed by atoms with Crippen molar-refractivity contribution in [3.05, 3.63) is 24.3 Å². The standard InChI is InChI=1S/C10H13NO3/c1-2-10(6-4-3-5-7-10)11-8(12)9(13)14/h3-6H,2,7H2,1H3,(H,11,12)(H,13,14)/t10-/m0/s1. The summed E-state index contributed by atoms with van der Waals surface area (Å²) in [6.07, 6.45) is 8.74. The van der Waals surface area contributed by atoms with E-state index in [-0.39, 0.29) is 0 Å². The number of carboxylic acid groups (broad SMARTS) is 1. The Morgan fingerprint density at radius 1 is 1.50 bits per heavy atom. The van der Waals surface area contributed by atoms with Crippen LogP contribution in [-0.2, 0) is 9.59 Å². The normalized spacial score (nSPS) is 24.6. The predicted octanol–water partition coefficient (Wildman–Crippen LogP) is 0.852. The minimum absolute atomic E-state index is 0.524. The highest BCUT2D eigenvalue weighted by molar-refractivity contribution is 6.31. The van der Waals surface area contributed by atoms with E-state index in [1.54, 1.807) is 0 Å². The lowest BCUT2D eigenvalue weighted by molar-refractivity contribution is -0.151. The number of aliphatic carboxylic acids is 1. The van der Waals surface area contributed by atoms with E-state index in [1.807, 2.05) is 31.2 Å². The van der Waals surface area contributed by atoms with Crippen molar-refractivity contribution in [2.75, 3.05) is 0 Å². The summed E-state index contributed by atoms with van der Waals surface area (Å²) in [5.74, 6) is -2.40. The molecule has 0 aromatic rings. The molecule has 4 nitrogen and oxygen atoms in total. The Kier molecular flexibility index (Phi) is 3.06. The van der Waals surface area contributed by atoms with Gasteiger partial charge in [0.05, 0.1) is 5.54 Å². The number of carbonyl (C=O) groups is 2. The van der Waals surface area contributed by atoms with E-state index >= 15 is 0 Å². The van der Waals surface area contributed by atoms with Crippen molar-refractivity contribution in [2.24, 2.45) is 0 Å². The molecule has 0 unspecified atom stereocenters. The molecule has 0 heterocycles. The van der Waals surface area contributed by atoms with E-state index in [9.17, 15) is 9.59 Å². The molecule has 14 heavy (non-hydrogen) atoms. The number of carboxylic acids is 1. The van der Waals surface area contributed by atoms with Crippen LogP contribution in [0.25, 0.3) is 0 Å². The second-order valence-electron chi connectivity index (χ2n) is 3.26. The molecule has 1 aliphatic carbocycles. The van der Waals surface area contributed by atoms with Crippen molar-refractivity contribution in [1.29, 1.82) is 0 Å². The van der Waals surface area contributed by atoms with Gasteiger partial charge in [0, 0.05) is 0 Å². The summed E-state index contributed by atoms with van der Waals surface area (Å²) in [6, 6.07) is 0. The first kappa shape index (κ1) is 10.5. The van der Waals surface area contributed by atoms with Gasteiger partial charge in [-0.1, -0.05) is 31.2 Å². The Hall–Kier alpha value is -1.58. The molecule has 1 atom stereocenters. The Bertz CT molecular complexity index is 306. The second kappa shape index (κ2) is 4.09. The predicted molar refractivity (Wildman–Crippen MR) is 51.7 cm³/mol. The Morgan fingerprint density at radius 2 is 2.21 bits per heavy atom. The largest absolute Gasteiger partial charge is 0.474 e. The van der Waals surface area contributed by atoms with Crippen LogP contribution in [0.5, 0.6) is 0 Å². The van der Waals surface area contributed by atoms with Crippen LogP contribution in [0.1, 0.15) is 19.8 Å². The number of hydrogen-bond acceptors (Lipinski definition) is 2. The summed E-state index contributed by atoms with van der Waals surface area (Å²) in [6.45, 7) is 1.91. The quantitative estimate of drug-likeness (QED) is 0.642. The minimum atomic E-state index is -1.44. The lowest BCUT2D eigenvalue weighted by atomic mass is 9.88. The minimum Gasteiger partial charge on any atom is -0.474 e. The number of carbonyl (C=O) groups excluding carboxylic acids is 1. The third-order valence-electron chi connectivity index (χ3n) is 2.33. The number of hydrogen-bond donors (Lipinski definition) is 2. The zero-order valence-electron chi connectivity index (χ0n) is 7.99. The first-order valence-corrected chi connectivity index (χ1v) is 4.49. The van der Waals surface area contributed by atoms with Crippen LogP contribution in [0.4, 0.5) is 0 Å². The lowest BCUT2D eigenvalue weighted by Gasteiger charge is -2.30. The molecule has 0 aliphatic heterocycles. The molecule has 0 aromatic heterocycles. The maximum Gasteiger partial charge on any atom is 0.394 e. The van der Waals surface area contributed by atoms with Crippen molar-refractivity contribution in [2.45, 2.75) is 25.3 Å². The maximum absolute atomic E-state index is 11.0. The smallest absolute Gasteiger partial charge is 0.394 e. The molecule has 0 saturated carbocycles. The fourth-order valence-corrected chi connectivity index (χ4v) is 1.39. The first-order valence-electron chi connectivity index (χ1n) is 4.49. The molecule has 0 saturated heterocycles. The number of allylic oxidation sites excluding steroid dienone is 2. The van der Waals surface area contributed by atoms with Crippen LogP contribution in [-0.4, -0.2) is 22.5 Å². The molecule has 0 spiro atoms. The van der Waals surface area contributed by atoms with E-state index in [4.69, 9.17) is 5.11 Å². The van der Waals surface area contributed by atoms with Gasteiger partial charge >= 0.3 is 11.9 Å². The summed E-state index contributed by atoms with van der Waals surface area (Å²) in [5.41, 5.74) is -0.524. The summed E-state index contributed by atoms with van der Waals surface area (Å²) >= 11 is 0. The van der Waals surface area contributed by atoms with Gasteiger partial charge in [0.2, 0.25) is 0 Å². The Morgan fingerprint density at radius 3 is 2.64 bits per heavy atom. The van der Waals surface area contributed by atoms with Gasteiger partial charge in [0.1, 0.15) is 0 Å². The molecular weight excluding hydrogens is 182 g/mol. The van der Waals surface area contributed by atoms with Gasteiger partial charge < -0.3 is 10.4 Å². The molecule has 1 aliphatic rings. The van der Waals surface area contributed by atoms with Gasteiger partial charge in [0.25, 0.3) is 0 Å². The van der Waals surface area contributed by atoms with E-state index in [1.165, 1.54) is 0 Å². The molecular formula is C10H13NO3. The third kappa shape index (κ3) is 2.22. The monoisotopic (exact) mass is 195 g/mol. The molecule has 1 amide bonds. The van der Waals surface area contributed by atoms with Crippen molar-refractivity contribution >= 4 is 11.9 Å². The molecule has 0 bridgehead atoms. The van der Waals surface area contributed by atoms with Crippen molar-refractivity contribution in [3.8, 4) is 0 Å². The summed E-state index contributed by atoms with van der Waals surface area (Å²) in [4.78, 5) is 21.4. The number of amides is 1. The van der Waals surface area contributed by atoms with Gasteiger partial charge in [0.15, 0.2) is 0 Å². The molecule has 4 heteroatoms. The maximum atomic E-state index is 11.0. The van der Waals surface area contributed by atoms with Crippen LogP contribution in [0.2, 0.25) is 0 Å². The lowest BCUT2D eigenvalue weighted by Crippen LogP contribution is -2.49. The molecule has 0 radical (unpaired) electrons. The summed E-state index contributed by atoms with van der Waals surface area (Å²) in [7, 11) is 0. The highest BCUT2D eigenvalue weighted by Crippen LogP contribution is 2.21. The average Bonchev–Trinajstić information content (AvgIpc) is 2.19. The Labute approximate surface area is 82.3 Å². The van der Waals surface area contributed by atoms with E-state index in [0.717, 1.165) is 0 Å². The zero-order valence-corrected chi connectivity index (χ0v) is 7.99. The fraction of sp³-hybridized carbons (Fsp3) is 0.400. The van der Waals surface area contributed by atoms with Crippen molar-refractivity contribution in [3.63, 3.8) is 0 Å².